The zero-order valence-electron chi connectivity index (χ0n) is 14.7. The first-order chi connectivity index (χ1) is 13.3. The normalized spacial score (nSPS) is 15.5. The van der Waals surface area contributed by atoms with Gasteiger partial charge in [0.15, 0.2) is 0 Å². The van der Waals surface area contributed by atoms with Crippen LogP contribution in [0.3, 0.4) is 0 Å². The van der Waals surface area contributed by atoms with Crippen LogP contribution in [0.1, 0.15) is 0 Å². The van der Waals surface area contributed by atoms with E-state index in [0.29, 0.717) is 0 Å². The summed E-state index contributed by atoms with van der Waals surface area (Å²) < 4.78 is 1.33. The van der Waals surface area contributed by atoms with Gasteiger partial charge in [-0.05, 0) is 47.2 Å². The predicted octanol–water partition coefficient (Wildman–Crippen LogP) is 3.86. The second kappa shape index (κ2) is 6.72. The second-order valence-electron chi connectivity index (χ2n) is 6.69. The number of anilines is 1. The molecule has 4 aromatic rings. The molecule has 2 aromatic carbocycles. The zero-order valence-corrected chi connectivity index (χ0v) is 15.5. The van der Waals surface area contributed by atoms with Gasteiger partial charge in [0, 0.05) is 41.0 Å². The highest BCUT2D eigenvalue weighted by molar-refractivity contribution is 7.17. The Kier molecular flexibility index (Phi) is 4.07. The van der Waals surface area contributed by atoms with Gasteiger partial charge < -0.3 is 14.7 Å². The van der Waals surface area contributed by atoms with Crippen molar-refractivity contribution >= 4 is 38.0 Å². The first-order valence-corrected chi connectivity index (χ1v) is 9.91. The van der Waals surface area contributed by atoms with Crippen LogP contribution in [0.5, 0.6) is 5.75 Å². The van der Waals surface area contributed by atoms with Crippen molar-refractivity contribution in [3.05, 3.63) is 70.3 Å². The number of aromatic nitrogens is 1. The first kappa shape index (κ1) is 16.4. The molecule has 1 N–H and O–H groups in total. The minimum atomic E-state index is -0.101. The van der Waals surface area contributed by atoms with Crippen molar-refractivity contribution in [3.8, 4) is 5.75 Å². The molecule has 136 valence electrons. The minimum Gasteiger partial charge on any atom is -0.406 e. The molecular weight excluding hydrogens is 358 g/mol. The number of piperazine rings is 1. The Labute approximate surface area is 160 Å². The molecule has 2 aromatic heterocycles. The van der Waals surface area contributed by atoms with Crippen LogP contribution in [-0.2, 0) is 0 Å². The fourth-order valence-electron chi connectivity index (χ4n) is 3.61. The van der Waals surface area contributed by atoms with E-state index >= 15 is 0 Å². The van der Waals surface area contributed by atoms with E-state index in [9.17, 15) is 4.79 Å². The molecule has 3 heterocycles. The lowest BCUT2D eigenvalue weighted by atomic mass is 10.2. The van der Waals surface area contributed by atoms with Gasteiger partial charge in [-0.3, -0.25) is 4.79 Å². The van der Waals surface area contributed by atoms with E-state index < -0.39 is 0 Å². The molecule has 1 fully saturated rings. The third-order valence-corrected chi connectivity index (χ3v) is 5.87. The van der Waals surface area contributed by atoms with Gasteiger partial charge in [0.2, 0.25) is 5.56 Å². The predicted molar refractivity (Wildman–Crippen MR) is 111 cm³/mol. The summed E-state index contributed by atoms with van der Waals surface area (Å²) in [4.78, 5) is 22.8. The van der Waals surface area contributed by atoms with E-state index in [0.717, 1.165) is 42.8 Å². The van der Waals surface area contributed by atoms with E-state index in [2.05, 4.69) is 39.5 Å². The smallest absolute Gasteiger partial charge is 0.248 e. The van der Waals surface area contributed by atoms with Gasteiger partial charge in [-0.2, -0.15) is 0 Å². The summed E-state index contributed by atoms with van der Waals surface area (Å²) in [5, 5.41) is 6.47. The van der Waals surface area contributed by atoms with Crippen molar-refractivity contribution in [2.75, 3.05) is 31.1 Å². The maximum Gasteiger partial charge on any atom is 0.248 e. The standard InChI is InChI=1S/C21H19N3O2S/c25-21-7-5-15-4-6-16(14-18(15)22-21)26-24-11-9-23(10-12-24)19-2-1-3-20-17(19)8-13-27-20/h1-8,13-14H,9-12H2,(H,22,25). The van der Waals surface area contributed by atoms with E-state index in [1.54, 1.807) is 11.3 Å². The Hall–Kier alpha value is -2.83. The van der Waals surface area contributed by atoms with Gasteiger partial charge in [-0.15, -0.1) is 16.4 Å². The summed E-state index contributed by atoms with van der Waals surface area (Å²) in [7, 11) is 0. The molecule has 0 atom stereocenters. The van der Waals surface area contributed by atoms with Crippen molar-refractivity contribution in [3.63, 3.8) is 0 Å². The molecular formula is C21H19N3O2S. The van der Waals surface area contributed by atoms with E-state index in [4.69, 9.17) is 4.84 Å². The third-order valence-electron chi connectivity index (χ3n) is 4.98. The molecule has 1 aliphatic rings. The average Bonchev–Trinajstić information content (AvgIpc) is 3.17. The quantitative estimate of drug-likeness (QED) is 0.589. The van der Waals surface area contributed by atoms with Crippen molar-refractivity contribution in [2.45, 2.75) is 0 Å². The number of H-pyrrole nitrogens is 1. The van der Waals surface area contributed by atoms with E-state index in [1.807, 2.05) is 29.3 Å². The lowest BCUT2D eigenvalue weighted by molar-refractivity contribution is -0.0618. The largest absolute Gasteiger partial charge is 0.406 e. The Balaban J connectivity index is 1.29. The number of aromatic amines is 1. The second-order valence-corrected chi connectivity index (χ2v) is 7.64. The van der Waals surface area contributed by atoms with Gasteiger partial charge >= 0.3 is 0 Å². The number of hydrogen-bond donors (Lipinski definition) is 1. The minimum absolute atomic E-state index is 0.101. The number of nitrogens with one attached hydrogen (secondary N) is 1. The van der Waals surface area contributed by atoms with Crippen LogP contribution < -0.4 is 15.3 Å². The van der Waals surface area contributed by atoms with Gasteiger partial charge in [0.05, 0.1) is 18.6 Å². The number of pyridine rings is 1. The molecule has 0 bridgehead atoms. The van der Waals surface area contributed by atoms with Crippen LogP contribution in [-0.4, -0.2) is 36.2 Å². The molecule has 0 unspecified atom stereocenters. The van der Waals surface area contributed by atoms with Crippen LogP contribution in [0.2, 0.25) is 0 Å². The fourth-order valence-corrected chi connectivity index (χ4v) is 4.42. The highest BCUT2D eigenvalue weighted by Crippen LogP contribution is 2.31. The maximum atomic E-state index is 11.5. The molecule has 5 rings (SSSR count). The van der Waals surface area contributed by atoms with Crippen molar-refractivity contribution < 1.29 is 4.84 Å². The summed E-state index contributed by atoms with van der Waals surface area (Å²) >= 11 is 1.78. The summed E-state index contributed by atoms with van der Waals surface area (Å²) in [5.41, 5.74) is 2.00. The molecule has 1 saturated heterocycles. The molecule has 0 radical (unpaired) electrons. The van der Waals surface area contributed by atoms with Crippen molar-refractivity contribution in [1.29, 1.82) is 0 Å². The van der Waals surface area contributed by atoms with Crippen LogP contribution in [0, 0.1) is 0 Å². The van der Waals surface area contributed by atoms with E-state index in [1.165, 1.54) is 21.8 Å². The average molecular weight is 377 g/mol. The Morgan fingerprint density at radius 3 is 2.70 bits per heavy atom. The monoisotopic (exact) mass is 377 g/mol. The number of fused-ring (bicyclic) bond motifs is 2. The summed E-state index contributed by atoms with van der Waals surface area (Å²) in [6.45, 7) is 3.48. The number of hydroxylamine groups is 2. The third kappa shape index (κ3) is 3.18. The summed E-state index contributed by atoms with van der Waals surface area (Å²) in [6.07, 6.45) is 0. The molecule has 0 amide bonds. The van der Waals surface area contributed by atoms with Gasteiger partial charge in [0.25, 0.3) is 0 Å². The Morgan fingerprint density at radius 2 is 1.81 bits per heavy atom. The molecule has 27 heavy (non-hydrogen) atoms. The maximum absolute atomic E-state index is 11.5. The lowest BCUT2D eigenvalue weighted by Gasteiger charge is -2.35. The number of thiophene rings is 1. The van der Waals surface area contributed by atoms with Crippen LogP contribution in [0.15, 0.2) is 64.8 Å². The fraction of sp³-hybridized carbons (Fsp3) is 0.190. The van der Waals surface area contributed by atoms with Gasteiger partial charge in [-0.1, -0.05) is 6.07 Å². The Morgan fingerprint density at radius 1 is 0.963 bits per heavy atom. The molecule has 0 spiro atoms. The molecule has 0 aliphatic carbocycles. The number of nitrogens with zero attached hydrogens (tertiary/aromatic N) is 2. The van der Waals surface area contributed by atoms with Gasteiger partial charge in [0.1, 0.15) is 5.75 Å². The topological polar surface area (TPSA) is 48.6 Å². The van der Waals surface area contributed by atoms with E-state index in [-0.39, 0.29) is 5.56 Å². The lowest BCUT2D eigenvalue weighted by Crippen LogP contribution is -2.47. The highest BCUT2D eigenvalue weighted by Gasteiger charge is 2.20. The number of hydrogen-bond acceptors (Lipinski definition) is 5. The van der Waals surface area contributed by atoms with Crippen LogP contribution in [0.4, 0.5) is 5.69 Å². The molecule has 0 saturated carbocycles. The van der Waals surface area contributed by atoms with Gasteiger partial charge in [-0.25, -0.2) is 0 Å². The first-order valence-electron chi connectivity index (χ1n) is 9.03. The number of rotatable bonds is 3. The van der Waals surface area contributed by atoms with Crippen LogP contribution >= 0.6 is 11.3 Å². The molecule has 6 heteroatoms. The van der Waals surface area contributed by atoms with Crippen molar-refractivity contribution in [1.82, 2.24) is 10.0 Å². The number of benzene rings is 2. The Bertz CT molecular complexity index is 1160. The SMILES string of the molecule is O=c1ccc2ccc(ON3CCN(c4cccc5sccc45)CC3)cc2[nH]1. The molecule has 5 nitrogen and oxygen atoms in total. The summed E-state index contributed by atoms with van der Waals surface area (Å²) in [6, 6.07) is 17.9. The summed E-state index contributed by atoms with van der Waals surface area (Å²) in [5.74, 6) is 0.748. The highest BCUT2D eigenvalue weighted by atomic mass is 32.1. The zero-order chi connectivity index (χ0) is 18.2. The van der Waals surface area contributed by atoms with Crippen molar-refractivity contribution in [2.24, 2.45) is 0 Å². The molecule has 1 aliphatic heterocycles. The van der Waals surface area contributed by atoms with Crippen LogP contribution in [0.25, 0.3) is 21.0 Å².